The number of hydrogen-bond donors (Lipinski definition) is 1. The molecule has 10 heavy (non-hydrogen) atoms. The van der Waals surface area contributed by atoms with Crippen LogP contribution in [0.1, 0.15) is 19.8 Å². The highest BCUT2D eigenvalue weighted by Crippen LogP contribution is 2.44. The van der Waals surface area contributed by atoms with Gasteiger partial charge in [-0.25, -0.2) is 4.39 Å². The second-order valence-electron chi connectivity index (χ2n) is 3.01. The van der Waals surface area contributed by atoms with Crippen LogP contribution in [-0.4, -0.2) is 19.1 Å². The van der Waals surface area contributed by atoms with Crippen molar-refractivity contribution in [1.82, 2.24) is 5.32 Å². The van der Waals surface area contributed by atoms with Crippen LogP contribution >= 0.6 is 0 Å². The van der Waals surface area contributed by atoms with E-state index in [1.165, 1.54) is 0 Å². The molecule has 0 aromatic heterocycles. The van der Waals surface area contributed by atoms with Gasteiger partial charge in [0.2, 0.25) is 5.91 Å². The summed E-state index contributed by atoms with van der Waals surface area (Å²) in [6, 6.07) is 0. The standard InChI is InChI=1S/C7H12FNO/c1-7(2-3-7)6(10)9-5-4-8/h2-5H2,1H3,(H,9,10). The first-order valence-corrected chi connectivity index (χ1v) is 3.53. The van der Waals surface area contributed by atoms with Gasteiger partial charge in [-0.1, -0.05) is 6.92 Å². The van der Waals surface area contributed by atoms with Crippen LogP contribution in [0.5, 0.6) is 0 Å². The molecule has 0 aromatic carbocycles. The van der Waals surface area contributed by atoms with Crippen LogP contribution < -0.4 is 5.32 Å². The van der Waals surface area contributed by atoms with E-state index < -0.39 is 6.67 Å². The van der Waals surface area contributed by atoms with Crippen molar-refractivity contribution in [2.75, 3.05) is 13.2 Å². The van der Waals surface area contributed by atoms with E-state index in [1.54, 1.807) is 0 Å². The van der Waals surface area contributed by atoms with Crippen LogP contribution in [0.2, 0.25) is 0 Å². The van der Waals surface area contributed by atoms with E-state index >= 15 is 0 Å². The van der Waals surface area contributed by atoms with Crippen LogP contribution in [0.15, 0.2) is 0 Å². The predicted octanol–water partition coefficient (Wildman–Crippen LogP) is 0.872. The fraction of sp³-hybridized carbons (Fsp3) is 0.857. The van der Waals surface area contributed by atoms with Gasteiger partial charge in [0.05, 0.1) is 0 Å². The van der Waals surface area contributed by atoms with Crippen molar-refractivity contribution in [3.63, 3.8) is 0 Å². The third-order valence-corrected chi connectivity index (χ3v) is 1.93. The number of carbonyl (C=O) groups excluding carboxylic acids is 1. The van der Waals surface area contributed by atoms with Gasteiger partial charge >= 0.3 is 0 Å². The third kappa shape index (κ3) is 1.46. The van der Waals surface area contributed by atoms with E-state index in [0.29, 0.717) is 0 Å². The van der Waals surface area contributed by atoms with Gasteiger partial charge in [-0.3, -0.25) is 4.79 Å². The molecular weight excluding hydrogens is 133 g/mol. The van der Waals surface area contributed by atoms with Crippen molar-refractivity contribution in [1.29, 1.82) is 0 Å². The molecule has 1 saturated carbocycles. The van der Waals surface area contributed by atoms with E-state index in [1.807, 2.05) is 6.92 Å². The Bertz CT molecular complexity index is 143. The Labute approximate surface area is 59.8 Å². The first-order valence-electron chi connectivity index (χ1n) is 3.53. The fourth-order valence-electron chi connectivity index (χ4n) is 0.789. The minimum atomic E-state index is -0.470. The SMILES string of the molecule is CC1(C(=O)NCCF)CC1. The third-order valence-electron chi connectivity index (χ3n) is 1.93. The second kappa shape index (κ2) is 2.56. The summed E-state index contributed by atoms with van der Waals surface area (Å²) < 4.78 is 11.5. The van der Waals surface area contributed by atoms with E-state index in [4.69, 9.17) is 0 Å². The smallest absolute Gasteiger partial charge is 0.226 e. The molecule has 1 N–H and O–H groups in total. The summed E-state index contributed by atoms with van der Waals surface area (Å²) in [6.07, 6.45) is 1.90. The molecule has 0 aliphatic heterocycles. The Morgan fingerprint density at radius 3 is 2.70 bits per heavy atom. The maximum atomic E-state index is 11.5. The summed E-state index contributed by atoms with van der Waals surface area (Å²) in [6.45, 7) is 1.59. The van der Waals surface area contributed by atoms with Gasteiger partial charge in [0.25, 0.3) is 0 Å². The summed E-state index contributed by atoms with van der Waals surface area (Å²) in [7, 11) is 0. The maximum Gasteiger partial charge on any atom is 0.226 e. The number of halogens is 1. The van der Waals surface area contributed by atoms with Crippen LogP contribution in [0, 0.1) is 5.41 Å². The van der Waals surface area contributed by atoms with Gasteiger partial charge in [-0.2, -0.15) is 0 Å². The van der Waals surface area contributed by atoms with E-state index in [0.717, 1.165) is 12.8 Å². The molecule has 0 heterocycles. The highest BCUT2D eigenvalue weighted by atomic mass is 19.1. The number of carbonyl (C=O) groups is 1. The molecule has 1 aliphatic rings. The summed E-state index contributed by atoms with van der Waals surface area (Å²) in [4.78, 5) is 11.0. The van der Waals surface area contributed by atoms with Gasteiger partial charge in [-0.05, 0) is 12.8 Å². The molecule has 0 unspecified atom stereocenters. The van der Waals surface area contributed by atoms with Crippen molar-refractivity contribution < 1.29 is 9.18 Å². The Kier molecular flexibility index (Phi) is 1.92. The second-order valence-corrected chi connectivity index (χ2v) is 3.01. The van der Waals surface area contributed by atoms with Gasteiger partial charge < -0.3 is 5.32 Å². The highest BCUT2D eigenvalue weighted by Gasteiger charge is 2.44. The average molecular weight is 145 g/mol. The zero-order valence-electron chi connectivity index (χ0n) is 6.11. The topological polar surface area (TPSA) is 29.1 Å². The van der Waals surface area contributed by atoms with Crippen molar-refractivity contribution in [3.05, 3.63) is 0 Å². The molecule has 0 aromatic rings. The molecule has 0 atom stereocenters. The molecule has 3 heteroatoms. The number of nitrogens with one attached hydrogen (secondary N) is 1. The lowest BCUT2D eigenvalue weighted by molar-refractivity contribution is -0.125. The van der Waals surface area contributed by atoms with Crippen molar-refractivity contribution in [2.24, 2.45) is 5.41 Å². The summed E-state index contributed by atoms with van der Waals surface area (Å²) in [5.41, 5.74) is -0.158. The molecule has 2 nitrogen and oxygen atoms in total. The minimum absolute atomic E-state index is 0.00477. The quantitative estimate of drug-likeness (QED) is 0.627. The fourth-order valence-corrected chi connectivity index (χ4v) is 0.789. The van der Waals surface area contributed by atoms with Gasteiger partial charge in [0.15, 0.2) is 0 Å². The maximum absolute atomic E-state index is 11.5. The molecule has 58 valence electrons. The lowest BCUT2D eigenvalue weighted by Gasteiger charge is -2.06. The van der Waals surface area contributed by atoms with E-state index in [9.17, 15) is 9.18 Å². The number of hydrogen-bond acceptors (Lipinski definition) is 1. The molecular formula is C7H12FNO. The van der Waals surface area contributed by atoms with E-state index in [2.05, 4.69) is 5.32 Å². The Morgan fingerprint density at radius 1 is 1.70 bits per heavy atom. The van der Waals surface area contributed by atoms with Crippen molar-refractivity contribution >= 4 is 5.91 Å². The molecule has 0 bridgehead atoms. The number of alkyl halides is 1. The Morgan fingerprint density at radius 2 is 2.30 bits per heavy atom. The molecule has 1 aliphatic carbocycles. The summed E-state index contributed by atoms with van der Waals surface area (Å²) in [5, 5.41) is 2.52. The predicted molar refractivity (Wildman–Crippen MR) is 36.3 cm³/mol. The molecule has 1 rings (SSSR count). The van der Waals surface area contributed by atoms with Gasteiger partial charge in [0, 0.05) is 12.0 Å². The summed E-state index contributed by atoms with van der Waals surface area (Å²) >= 11 is 0. The Hall–Kier alpha value is -0.600. The number of amides is 1. The monoisotopic (exact) mass is 145 g/mol. The first-order chi connectivity index (χ1) is 4.69. The van der Waals surface area contributed by atoms with E-state index in [-0.39, 0.29) is 17.9 Å². The molecule has 0 saturated heterocycles. The first kappa shape index (κ1) is 7.51. The van der Waals surface area contributed by atoms with Crippen molar-refractivity contribution in [2.45, 2.75) is 19.8 Å². The zero-order chi connectivity index (χ0) is 7.61. The van der Waals surface area contributed by atoms with Gasteiger partial charge in [0.1, 0.15) is 6.67 Å². The van der Waals surface area contributed by atoms with Crippen LogP contribution in [-0.2, 0) is 4.79 Å². The lowest BCUT2D eigenvalue weighted by atomic mass is 10.1. The van der Waals surface area contributed by atoms with Gasteiger partial charge in [-0.15, -0.1) is 0 Å². The highest BCUT2D eigenvalue weighted by molar-refractivity contribution is 5.84. The zero-order valence-corrected chi connectivity index (χ0v) is 6.11. The summed E-state index contributed by atoms with van der Waals surface area (Å²) in [5.74, 6) is 0.00477. The average Bonchev–Trinajstić information content (AvgIpc) is 2.64. The van der Waals surface area contributed by atoms with Crippen LogP contribution in [0.3, 0.4) is 0 Å². The van der Waals surface area contributed by atoms with Crippen LogP contribution in [0.25, 0.3) is 0 Å². The molecule has 1 fully saturated rings. The largest absolute Gasteiger partial charge is 0.353 e. The molecule has 0 spiro atoms. The normalized spacial score (nSPS) is 20.2. The molecule has 0 radical (unpaired) electrons. The number of rotatable bonds is 3. The van der Waals surface area contributed by atoms with Crippen molar-refractivity contribution in [3.8, 4) is 0 Å². The molecule has 1 amide bonds. The Balaban J connectivity index is 2.22. The van der Waals surface area contributed by atoms with Crippen LogP contribution in [0.4, 0.5) is 4.39 Å². The minimum Gasteiger partial charge on any atom is -0.353 e. The lowest BCUT2D eigenvalue weighted by Crippen LogP contribution is -2.31.